The van der Waals surface area contributed by atoms with Crippen LogP contribution in [0.3, 0.4) is 0 Å². The molecule has 5 heteroatoms. The first kappa shape index (κ1) is 15.3. The van der Waals surface area contributed by atoms with Crippen LogP contribution in [0.5, 0.6) is 0 Å². The Kier molecular flexibility index (Phi) is 5.83. The molecule has 114 valence electrons. The van der Waals surface area contributed by atoms with E-state index < -0.39 is 0 Å². The van der Waals surface area contributed by atoms with Gasteiger partial charge in [-0.05, 0) is 50.6 Å². The predicted molar refractivity (Wildman–Crippen MR) is 78.1 cm³/mol. The fourth-order valence-corrected chi connectivity index (χ4v) is 2.77. The van der Waals surface area contributed by atoms with Crippen LogP contribution in [-0.4, -0.2) is 38.0 Å². The molecule has 5 nitrogen and oxygen atoms in total. The van der Waals surface area contributed by atoms with Gasteiger partial charge in [0.25, 0.3) is 0 Å². The molecule has 1 saturated carbocycles. The van der Waals surface area contributed by atoms with E-state index >= 15 is 0 Å². The van der Waals surface area contributed by atoms with E-state index in [-0.39, 0.29) is 17.7 Å². The summed E-state index contributed by atoms with van der Waals surface area (Å²) in [7, 11) is 0. The molecule has 1 saturated heterocycles. The molecule has 0 spiro atoms. The zero-order chi connectivity index (χ0) is 14.4. The van der Waals surface area contributed by atoms with Crippen LogP contribution in [-0.2, 0) is 9.59 Å². The molecule has 1 aliphatic heterocycles. The van der Waals surface area contributed by atoms with Gasteiger partial charge in [0.1, 0.15) is 0 Å². The fraction of sp³-hybridized carbons (Fsp3) is 0.867. The molecule has 0 aromatic rings. The van der Waals surface area contributed by atoms with Crippen molar-refractivity contribution in [1.29, 1.82) is 0 Å². The third-order valence-electron chi connectivity index (χ3n) is 4.34. The molecule has 2 rings (SSSR count). The number of hydrogen-bond acceptors (Lipinski definition) is 3. The zero-order valence-corrected chi connectivity index (χ0v) is 12.4. The van der Waals surface area contributed by atoms with Gasteiger partial charge >= 0.3 is 0 Å². The van der Waals surface area contributed by atoms with Crippen molar-refractivity contribution >= 4 is 11.8 Å². The maximum atomic E-state index is 11.8. The first-order valence-corrected chi connectivity index (χ1v) is 7.92. The van der Waals surface area contributed by atoms with E-state index in [4.69, 9.17) is 0 Å². The average Bonchev–Trinajstić information content (AvgIpc) is 3.29. The molecule has 0 aromatic heterocycles. The van der Waals surface area contributed by atoms with Gasteiger partial charge in [0.2, 0.25) is 11.8 Å². The summed E-state index contributed by atoms with van der Waals surface area (Å²) in [6.45, 7) is 5.38. The molecule has 2 aliphatic rings. The van der Waals surface area contributed by atoms with E-state index in [1.54, 1.807) is 0 Å². The minimum atomic E-state index is 0.101. The van der Waals surface area contributed by atoms with Crippen molar-refractivity contribution < 1.29 is 9.59 Å². The van der Waals surface area contributed by atoms with Gasteiger partial charge in [-0.25, -0.2) is 0 Å². The van der Waals surface area contributed by atoms with Gasteiger partial charge in [-0.3, -0.25) is 9.59 Å². The topological polar surface area (TPSA) is 70.2 Å². The Bertz CT molecular complexity index is 336. The molecule has 1 aliphatic carbocycles. The Morgan fingerprint density at radius 1 is 1.20 bits per heavy atom. The first-order chi connectivity index (χ1) is 9.66. The second-order valence-electron chi connectivity index (χ2n) is 6.20. The molecule has 3 N–H and O–H groups in total. The number of nitrogens with one attached hydrogen (secondary N) is 3. The number of hydrogen-bond donors (Lipinski definition) is 3. The minimum Gasteiger partial charge on any atom is -0.354 e. The second kappa shape index (κ2) is 7.62. The zero-order valence-electron chi connectivity index (χ0n) is 12.4. The van der Waals surface area contributed by atoms with Gasteiger partial charge in [-0.1, -0.05) is 6.92 Å². The standard InChI is InChI=1S/C15H27N3O2/c1-11(13-3-2-6-16-10-13)9-14(19)17-7-8-18-15(20)12-4-5-12/h11-13,16H,2-10H2,1H3,(H,17,19)(H,18,20). The average molecular weight is 281 g/mol. The lowest BCUT2D eigenvalue weighted by Gasteiger charge is -2.28. The molecule has 2 unspecified atom stereocenters. The lowest BCUT2D eigenvalue weighted by atomic mass is 9.85. The summed E-state index contributed by atoms with van der Waals surface area (Å²) in [5.41, 5.74) is 0. The summed E-state index contributed by atoms with van der Waals surface area (Å²) in [4.78, 5) is 23.2. The molecule has 2 atom stereocenters. The van der Waals surface area contributed by atoms with Gasteiger partial charge in [-0.2, -0.15) is 0 Å². The van der Waals surface area contributed by atoms with Gasteiger partial charge < -0.3 is 16.0 Å². The fourth-order valence-electron chi connectivity index (χ4n) is 2.77. The molecular weight excluding hydrogens is 254 g/mol. The summed E-state index contributed by atoms with van der Waals surface area (Å²) in [6.07, 6.45) is 5.06. The maximum Gasteiger partial charge on any atom is 0.223 e. The van der Waals surface area contributed by atoms with Crippen LogP contribution < -0.4 is 16.0 Å². The molecule has 20 heavy (non-hydrogen) atoms. The third-order valence-corrected chi connectivity index (χ3v) is 4.34. The number of piperidine rings is 1. The van der Waals surface area contributed by atoms with Crippen LogP contribution in [0.4, 0.5) is 0 Å². The van der Waals surface area contributed by atoms with E-state index in [0.29, 0.717) is 31.3 Å². The smallest absolute Gasteiger partial charge is 0.223 e. The molecule has 0 radical (unpaired) electrons. The minimum absolute atomic E-state index is 0.101. The molecule has 0 bridgehead atoms. The highest BCUT2D eigenvalue weighted by Crippen LogP contribution is 2.28. The largest absolute Gasteiger partial charge is 0.354 e. The van der Waals surface area contributed by atoms with Crippen molar-refractivity contribution in [1.82, 2.24) is 16.0 Å². The molecule has 1 heterocycles. The molecule has 2 fully saturated rings. The second-order valence-corrected chi connectivity index (χ2v) is 6.20. The van der Waals surface area contributed by atoms with Crippen LogP contribution in [0.2, 0.25) is 0 Å². The van der Waals surface area contributed by atoms with E-state index in [1.165, 1.54) is 12.8 Å². The number of carbonyl (C=O) groups excluding carboxylic acids is 2. The highest BCUT2D eigenvalue weighted by Gasteiger charge is 2.29. The van der Waals surface area contributed by atoms with Crippen molar-refractivity contribution in [2.45, 2.75) is 39.0 Å². The highest BCUT2D eigenvalue weighted by molar-refractivity contribution is 5.81. The van der Waals surface area contributed by atoms with Crippen molar-refractivity contribution in [2.75, 3.05) is 26.2 Å². The van der Waals surface area contributed by atoms with Gasteiger partial charge in [0.05, 0.1) is 0 Å². The molecule has 2 amide bonds. The summed E-state index contributed by atoms with van der Waals surface area (Å²) < 4.78 is 0. The van der Waals surface area contributed by atoms with Crippen molar-refractivity contribution in [3.05, 3.63) is 0 Å². The lowest BCUT2D eigenvalue weighted by molar-refractivity contribution is -0.124. The van der Waals surface area contributed by atoms with Crippen molar-refractivity contribution in [3.63, 3.8) is 0 Å². The normalized spacial score (nSPS) is 23.9. The van der Waals surface area contributed by atoms with E-state index in [0.717, 1.165) is 25.9 Å². The summed E-state index contributed by atoms with van der Waals surface area (Å²) in [6, 6.07) is 0. The molecule has 0 aromatic carbocycles. The lowest BCUT2D eigenvalue weighted by Crippen LogP contribution is -2.38. The number of amides is 2. The van der Waals surface area contributed by atoms with Crippen LogP contribution >= 0.6 is 0 Å². The Morgan fingerprint density at radius 2 is 1.95 bits per heavy atom. The monoisotopic (exact) mass is 281 g/mol. The maximum absolute atomic E-state index is 11.8. The van der Waals surface area contributed by atoms with Gasteiger partial charge in [0.15, 0.2) is 0 Å². The van der Waals surface area contributed by atoms with Crippen LogP contribution in [0.15, 0.2) is 0 Å². The van der Waals surface area contributed by atoms with Crippen LogP contribution in [0.1, 0.15) is 39.0 Å². The first-order valence-electron chi connectivity index (χ1n) is 7.92. The Hall–Kier alpha value is -1.10. The number of carbonyl (C=O) groups is 2. The van der Waals surface area contributed by atoms with Crippen LogP contribution in [0, 0.1) is 17.8 Å². The number of rotatable bonds is 7. The summed E-state index contributed by atoms with van der Waals surface area (Å²) >= 11 is 0. The Labute approximate surface area is 121 Å². The summed E-state index contributed by atoms with van der Waals surface area (Å²) in [5, 5.41) is 9.14. The summed E-state index contributed by atoms with van der Waals surface area (Å²) in [5.74, 6) is 1.52. The van der Waals surface area contributed by atoms with Crippen molar-refractivity contribution in [3.8, 4) is 0 Å². The van der Waals surface area contributed by atoms with Crippen LogP contribution in [0.25, 0.3) is 0 Å². The van der Waals surface area contributed by atoms with E-state index in [1.807, 2.05) is 0 Å². The van der Waals surface area contributed by atoms with E-state index in [2.05, 4.69) is 22.9 Å². The van der Waals surface area contributed by atoms with Gasteiger partial charge in [0, 0.05) is 25.4 Å². The Morgan fingerprint density at radius 3 is 2.60 bits per heavy atom. The quantitative estimate of drug-likeness (QED) is 0.600. The van der Waals surface area contributed by atoms with E-state index in [9.17, 15) is 9.59 Å². The third kappa shape index (κ3) is 5.12. The van der Waals surface area contributed by atoms with Gasteiger partial charge in [-0.15, -0.1) is 0 Å². The van der Waals surface area contributed by atoms with Crippen molar-refractivity contribution in [2.24, 2.45) is 17.8 Å². The predicted octanol–water partition coefficient (Wildman–Crippen LogP) is 0.655. The molecular formula is C15H27N3O2. The highest BCUT2D eigenvalue weighted by atomic mass is 16.2. The Balaban J connectivity index is 1.53. The SMILES string of the molecule is CC(CC(=O)NCCNC(=O)C1CC1)C1CCCNC1.